The minimum absolute atomic E-state index is 0.0595. The van der Waals surface area contributed by atoms with Crippen LogP contribution < -0.4 is 5.32 Å². The average Bonchev–Trinajstić information content (AvgIpc) is 3.10. The van der Waals surface area contributed by atoms with Gasteiger partial charge in [-0.15, -0.1) is 11.3 Å². The molecule has 3 nitrogen and oxygen atoms in total. The van der Waals surface area contributed by atoms with E-state index in [0.29, 0.717) is 6.54 Å². The third kappa shape index (κ3) is 3.65. The van der Waals surface area contributed by atoms with E-state index in [9.17, 15) is 4.79 Å². The third-order valence-corrected chi connectivity index (χ3v) is 5.27. The van der Waals surface area contributed by atoms with Crippen molar-refractivity contribution in [2.75, 3.05) is 0 Å². The molecule has 1 amide bonds. The molecule has 0 radical (unpaired) electrons. The predicted octanol–water partition coefficient (Wildman–Crippen LogP) is 4.82. The number of nitrogens with one attached hydrogen (secondary N) is 1. The van der Waals surface area contributed by atoms with Crippen LogP contribution in [0.1, 0.15) is 26.5 Å². The summed E-state index contributed by atoms with van der Waals surface area (Å²) in [5.41, 5.74) is 3.92. The molecular weight excluding hydrogens is 340 g/mol. The van der Waals surface area contributed by atoms with E-state index in [-0.39, 0.29) is 5.91 Å². The third-order valence-electron chi connectivity index (χ3n) is 4.24. The van der Waals surface area contributed by atoms with Gasteiger partial charge in [0.25, 0.3) is 5.91 Å². The van der Waals surface area contributed by atoms with Gasteiger partial charge in [0.1, 0.15) is 5.01 Å². The zero-order valence-corrected chi connectivity index (χ0v) is 15.0. The topological polar surface area (TPSA) is 42.0 Å². The first-order chi connectivity index (χ1) is 12.8. The molecule has 0 aliphatic carbocycles. The molecule has 1 aromatic heterocycles. The number of hydrogen-bond acceptors (Lipinski definition) is 3. The molecule has 0 bridgehead atoms. The summed E-state index contributed by atoms with van der Waals surface area (Å²) in [5.74, 6) is -0.0595. The van der Waals surface area contributed by atoms with E-state index in [1.54, 1.807) is 11.3 Å². The quantitative estimate of drug-likeness (QED) is 0.556. The first kappa shape index (κ1) is 16.5. The Morgan fingerprint density at radius 1 is 0.885 bits per heavy atom. The first-order valence-electron chi connectivity index (χ1n) is 8.54. The molecule has 0 saturated carbocycles. The average molecular weight is 358 g/mol. The Morgan fingerprint density at radius 2 is 1.62 bits per heavy atom. The molecule has 0 saturated heterocycles. The SMILES string of the molecule is O=C(NCc1nc2ccccc2s1)c1ccccc1Cc1ccccc1. The molecule has 0 atom stereocenters. The van der Waals surface area contributed by atoms with Crippen molar-refractivity contribution >= 4 is 27.5 Å². The summed E-state index contributed by atoms with van der Waals surface area (Å²) in [4.78, 5) is 17.3. The minimum Gasteiger partial charge on any atom is -0.346 e. The highest BCUT2D eigenvalue weighted by Crippen LogP contribution is 2.21. The summed E-state index contributed by atoms with van der Waals surface area (Å²) >= 11 is 1.62. The Hall–Kier alpha value is -2.98. The maximum atomic E-state index is 12.7. The molecule has 128 valence electrons. The standard InChI is InChI=1S/C22H18N2OS/c25-22(23-15-21-24-19-12-6-7-13-20(19)26-21)18-11-5-4-10-17(18)14-16-8-2-1-3-9-16/h1-13H,14-15H2,(H,23,25). The zero-order valence-electron chi connectivity index (χ0n) is 14.2. The number of carbonyl (C=O) groups is 1. The number of carbonyl (C=O) groups excluding carboxylic acids is 1. The second kappa shape index (κ2) is 7.50. The van der Waals surface area contributed by atoms with Crippen LogP contribution in [-0.4, -0.2) is 10.9 Å². The van der Waals surface area contributed by atoms with Gasteiger partial charge in [0.05, 0.1) is 16.8 Å². The van der Waals surface area contributed by atoms with Gasteiger partial charge >= 0.3 is 0 Å². The Labute approximate surface area is 156 Å². The molecule has 4 aromatic rings. The number of nitrogens with zero attached hydrogens (tertiary/aromatic N) is 1. The smallest absolute Gasteiger partial charge is 0.251 e. The highest BCUT2D eigenvalue weighted by Gasteiger charge is 2.12. The Morgan fingerprint density at radius 3 is 2.46 bits per heavy atom. The van der Waals surface area contributed by atoms with Crippen molar-refractivity contribution in [1.29, 1.82) is 0 Å². The highest BCUT2D eigenvalue weighted by molar-refractivity contribution is 7.18. The van der Waals surface area contributed by atoms with Crippen LogP contribution in [0.4, 0.5) is 0 Å². The molecule has 0 aliphatic rings. The van der Waals surface area contributed by atoms with Crippen LogP contribution >= 0.6 is 11.3 Å². The molecular formula is C22H18N2OS. The van der Waals surface area contributed by atoms with E-state index >= 15 is 0 Å². The lowest BCUT2D eigenvalue weighted by atomic mass is 9.99. The molecule has 0 spiro atoms. The fraction of sp³-hybridized carbons (Fsp3) is 0.0909. The van der Waals surface area contributed by atoms with Crippen molar-refractivity contribution < 1.29 is 4.79 Å². The summed E-state index contributed by atoms with van der Waals surface area (Å²) in [6.45, 7) is 0.442. The van der Waals surface area contributed by atoms with Crippen LogP contribution in [0.3, 0.4) is 0 Å². The molecule has 1 N–H and O–H groups in total. The van der Waals surface area contributed by atoms with E-state index < -0.39 is 0 Å². The fourth-order valence-electron chi connectivity index (χ4n) is 2.96. The van der Waals surface area contributed by atoms with E-state index in [1.807, 2.05) is 66.7 Å². The monoisotopic (exact) mass is 358 g/mol. The van der Waals surface area contributed by atoms with Gasteiger partial charge in [-0.3, -0.25) is 4.79 Å². The molecule has 0 unspecified atom stereocenters. The van der Waals surface area contributed by atoms with Crippen LogP contribution in [-0.2, 0) is 13.0 Å². The highest BCUT2D eigenvalue weighted by atomic mass is 32.1. The summed E-state index contributed by atoms with van der Waals surface area (Å²) < 4.78 is 1.14. The summed E-state index contributed by atoms with van der Waals surface area (Å²) in [5, 5.41) is 3.93. The largest absolute Gasteiger partial charge is 0.346 e. The summed E-state index contributed by atoms with van der Waals surface area (Å²) in [6.07, 6.45) is 0.742. The lowest BCUT2D eigenvalue weighted by Gasteiger charge is -2.09. The van der Waals surface area contributed by atoms with E-state index in [4.69, 9.17) is 0 Å². The minimum atomic E-state index is -0.0595. The van der Waals surface area contributed by atoms with Crippen molar-refractivity contribution in [1.82, 2.24) is 10.3 Å². The zero-order chi connectivity index (χ0) is 17.8. The van der Waals surface area contributed by atoms with Crippen LogP contribution in [0.15, 0.2) is 78.9 Å². The van der Waals surface area contributed by atoms with Gasteiger partial charge in [-0.25, -0.2) is 4.98 Å². The second-order valence-electron chi connectivity index (χ2n) is 6.08. The number of benzene rings is 3. The maximum Gasteiger partial charge on any atom is 0.251 e. The van der Waals surface area contributed by atoms with E-state index in [0.717, 1.165) is 32.8 Å². The molecule has 3 aromatic carbocycles. The molecule has 4 heteroatoms. The normalized spacial score (nSPS) is 10.8. The van der Waals surface area contributed by atoms with Gasteiger partial charge in [-0.1, -0.05) is 60.7 Å². The van der Waals surface area contributed by atoms with Crippen LogP contribution in [0.2, 0.25) is 0 Å². The number of hydrogen-bond donors (Lipinski definition) is 1. The molecule has 0 fully saturated rings. The van der Waals surface area contributed by atoms with Crippen LogP contribution in [0.25, 0.3) is 10.2 Å². The lowest BCUT2D eigenvalue weighted by Crippen LogP contribution is -2.24. The number of rotatable bonds is 5. The number of thiazole rings is 1. The van der Waals surface area contributed by atoms with Crippen molar-refractivity contribution in [3.63, 3.8) is 0 Å². The van der Waals surface area contributed by atoms with E-state index in [2.05, 4.69) is 22.4 Å². The molecule has 1 heterocycles. The maximum absolute atomic E-state index is 12.7. The number of amides is 1. The van der Waals surface area contributed by atoms with Gasteiger partial charge in [-0.2, -0.15) is 0 Å². The van der Waals surface area contributed by atoms with Crippen LogP contribution in [0, 0.1) is 0 Å². The first-order valence-corrected chi connectivity index (χ1v) is 9.36. The molecule has 26 heavy (non-hydrogen) atoms. The number of fused-ring (bicyclic) bond motifs is 1. The lowest BCUT2D eigenvalue weighted by molar-refractivity contribution is 0.0950. The van der Waals surface area contributed by atoms with Crippen molar-refractivity contribution in [2.24, 2.45) is 0 Å². The van der Waals surface area contributed by atoms with Gasteiger partial charge < -0.3 is 5.32 Å². The Bertz CT molecular complexity index is 1010. The van der Waals surface area contributed by atoms with Crippen LogP contribution in [0.5, 0.6) is 0 Å². The predicted molar refractivity (Wildman–Crippen MR) is 106 cm³/mol. The number of para-hydroxylation sites is 1. The fourth-order valence-corrected chi connectivity index (χ4v) is 3.87. The van der Waals surface area contributed by atoms with Crippen molar-refractivity contribution in [3.05, 3.63) is 101 Å². The summed E-state index contributed by atoms with van der Waals surface area (Å²) in [7, 11) is 0. The molecule has 0 aliphatic heterocycles. The van der Waals surface area contributed by atoms with Gasteiger partial charge in [0.15, 0.2) is 0 Å². The summed E-state index contributed by atoms with van der Waals surface area (Å²) in [6, 6.07) is 26.0. The van der Waals surface area contributed by atoms with E-state index in [1.165, 1.54) is 5.56 Å². The van der Waals surface area contributed by atoms with Crippen molar-refractivity contribution in [3.8, 4) is 0 Å². The van der Waals surface area contributed by atoms with Gasteiger partial charge in [-0.05, 0) is 35.7 Å². The number of aromatic nitrogens is 1. The Kier molecular flexibility index (Phi) is 4.75. The molecule has 4 rings (SSSR count). The Balaban J connectivity index is 1.49. The van der Waals surface area contributed by atoms with Crippen molar-refractivity contribution in [2.45, 2.75) is 13.0 Å². The van der Waals surface area contributed by atoms with Gasteiger partial charge in [0.2, 0.25) is 0 Å². The second-order valence-corrected chi connectivity index (χ2v) is 7.19. The van der Waals surface area contributed by atoms with Gasteiger partial charge in [0, 0.05) is 5.56 Å².